The molecular formula is C13H20O2. The summed E-state index contributed by atoms with van der Waals surface area (Å²) in [5, 5.41) is 0. The average molecular weight is 208 g/mol. The van der Waals surface area contributed by atoms with Crippen molar-refractivity contribution in [3.05, 3.63) is 29.8 Å². The van der Waals surface area contributed by atoms with E-state index in [1.165, 1.54) is 5.56 Å². The van der Waals surface area contributed by atoms with Gasteiger partial charge in [0.1, 0.15) is 5.75 Å². The first-order valence-electron chi connectivity index (χ1n) is 5.35. The van der Waals surface area contributed by atoms with Gasteiger partial charge in [0.05, 0.1) is 0 Å². The third-order valence-corrected chi connectivity index (χ3v) is 2.21. The van der Waals surface area contributed by atoms with Gasteiger partial charge >= 0.3 is 0 Å². The van der Waals surface area contributed by atoms with Crippen molar-refractivity contribution < 1.29 is 9.47 Å². The summed E-state index contributed by atoms with van der Waals surface area (Å²) in [7, 11) is 0. The van der Waals surface area contributed by atoms with Crippen LogP contribution in [0.5, 0.6) is 5.75 Å². The van der Waals surface area contributed by atoms with E-state index >= 15 is 0 Å². The standard InChI is InChI=1S/C13H20O2/c1-5-14-10-15-12-8-6-7-11(9-12)13(2,3)4/h6-9H,5,10H2,1-4H3. The fourth-order valence-electron chi connectivity index (χ4n) is 1.25. The van der Waals surface area contributed by atoms with Gasteiger partial charge < -0.3 is 9.47 Å². The Morgan fingerprint density at radius 2 is 1.93 bits per heavy atom. The highest BCUT2D eigenvalue weighted by Gasteiger charge is 2.13. The van der Waals surface area contributed by atoms with Gasteiger partial charge in [0, 0.05) is 6.61 Å². The number of hydrogen-bond acceptors (Lipinski definition) is 2. The molecule has 0 aliphatic carbocycles. The van der Waals surface area contributed by atoms with Crippen molar-refractivity contribution in [1.29, 1.82) is 0 Å². The Balaban J connectivity index is 2.66. The molecule has 0 heterocycles. The minimum atomic E-state index is 0.158. The number of benzene rings is 1. The van der Waals surface area contributed by atoms with Gasteiger partial charge in [-0.05, 0) is 30.0 Å². The molecule has 0 amide bonds. The molecule has 0 unspecified atom stereocenters. The summed E-state index contributed by atoms with van der Waals surface area (Å²) in [5.41, 5.74) is 1.43. The highest BCUT2D eigenvalue weighted by Crippen LogP contribution is 2.25. The number of hydrogen-bond donors (Lipinski definition) is 0. The van der Waals surface area contributed by atoms with Crippen LogP contribution in [0.15, 0.2) is 24.3 Å². The first-order chi connectivity index (χ1) is 7.04. The molecule has 0 aliphatic heterocycles. The summed E-state index contributed by atoms with van der Waals surface area (Å²) in [6, 6.07) is 8.16. The Morgan fingerprint density at radius 3 is 2.53 bits per heavy atom. The van der Waals surface area contributed by atoms with Gasteiger partial charge in [0.15, 0.2) is 6.79 Å². The van der Waals surface area contributed by atoms with E-state index in [9.17, 15) is 0 Å². The van der Waals surface area contributed by atoms with Gasteiger partial charge in [0.2, 0.25) is 0 Å². The van der Waals surface area contributed by atoms with E-state index in [1.54, 1.807) is 0 Å². The molecule has 0 spiro atoms. The lowest BCUT2D eigenvalue weighted by atomic mass is 9.87. The molecule has 84 valence electrons. The highest BCUT2D eigenvalue weighted by atomic mass is 16.7. The Hall–Kier alpha value is -1.02. The second-order valence-electron chi connectivity index (χ2n) is 4.53. The molecule has 0 aromatic heterocycles. The van der Waals surface area contributed by atoms with Crippen LogP contribution >= 0.6 is 0 Å². The molecular weight excluding hydrogens is 188 g/mol. The van der Waals surface area contributed by atoms with E-state index in [-0.39, 0.29) is 5.41 Å². The molecule has 0 aliphatic rings. The van der Waals surface area contributed by atoms with Gasteiger partial charge in [-0.2, -0.15) is 0 Å². The molecule has 2 heteroatoms. The second kappa shape index (κ2) is 5.17. The topological polar surface area (TPSA) is 18.5 Å². The lowest BCUT2D eigenvalue weighted by Gasteiger charge is -2.19. The van der Waals surface area contributed by atoms with Crippen molar-refractivity contribution in [2.75, 3.05) is 13.4 Å². The van der Waals surface area contributed by atoms with E-state index in [0.29, 0.717) is 13.4 Å². The predicted molar refractivity (Wildman–Crippen MR) is 62.3 cm³/mol. The minimum absolute atomic E-state index is 0.158. The van der Waals surface area contributed by atoms with Crippen molar-refractivity contribution in [1.82, 2.24) is 0 Å². The zero-order valence-corrected chi connectivity index (χ0v) is 10.0. The van der Waals surface area contributed by atoms with Gasteiger partial charge in [-0.1, -0.05) is 32.9 Å². The van der Waals surface area contributed by atoms with Crippen LogP contribution in [-0.2, 0) is 10.2 Å². The zero-order valence-electron chi connectivity index (χ0n) is 10.0. The largest absolute Gasteiger partial charge is 0.468 e. The fourth-order valence-corrected chi connectivity index (χ4v) is 1.25. The quantitative estimate of drug-likeness (QED) is 0.558. The van der Waals surface area contributed by atoms with Crippen molar-refractivity contribution in [2.24, 2.45) is 0 Å². The first-order valence-corrected chi connectivity index (χ1v) is 5.35. The van der Waals surface area contributed by atoms with E-state index in [0.717, 1.165) is 5.75 Å². The molecule has 0 fully saturated rings. The maximum atomic E-state index is 5.46. The lowest BCUT2D eigenvalue weighted by molar-refractivity contribution is 0.0223. The molecule has 1 aromatic rings. The van der Waals surface area contributed by atoms with E-state index in [2.05, 4.69) is 32.9 Å². The molecule has 0 N–H and O–H groups in total. The maximum absolute atomic E-state index is 5.46. The average Bonchev–Trinajstić information content (AvgIpc) is 2.17. The second-order valence-corrected chi connectivity index (χ2v) is 4.53. The summed E-state index contributed by atoms with van der Waals surface area (Å²) in [6.45, 7) is 9.52. The molecule has 0 atom stereocenters. The van der Waals surface area contributed by atoms with Crippen LogP contribution in [0.25, 0.3) is 0 Å². The van der Waals surface area contributed by atoms with Crippen LogP contribution in [0.3, 0.4) is 0 Å². The smallest absolute Gasteiger partial charge is 0.189 e. The summed E-state index contributed by atoms with van der Waals surface area (Å²) in [4.78, 5) is 0. The summed E-state index contributed by atoms with van der Waals surface area (Å²) in [5.74, 6) is 0.871. The van der Waals surface area contributed by atoms with Crippen LogP contribution in [-0.4, -0.2) is 13.4 Å². The Labute approximate surface area is 92.2 Å². The van der Waals surface area contributed by atoms with Crippen molar-refractivity contribution >= 4 is 0 Å². The monoisotopic (exact) mass is 208 g/mol. The summed E-state index contributed by atoms with van der Waals surface area (Å²) < 4.78 is 10.6. The van der Waals surface area contributed by atoms with Crippen LogP contribution in [0.4, 0.5) is 0 Å². The van der Waals surface area contributed by atoms with Crippen molar-refractivity contribution in [3.63, 3.8) is 0 Å². The third-order valence-electron chi connectivity index (χ3n) is 2.21. The third kappa shape index (κ3) is 3.92. The van der Waals surface area contributed by atoms with Crippen LogP contribution in [0, 0.1) is 0 Å². The van der Waals surface area contributed by atoms with Crippen molar-refractivity contribution in [2.45, 2.75) is 33.1 Å². The highest BCUT2D eigenvalue weighted by molar-refractivity contribution is 5.32. The predicted octanol–water partition coefficient (Wildman–Crippen LogP) is 3.36. The molecule has 0 bridgehead atoms. The van der Waals surface area contributed by atoms with Gasteiger partial charge in [-0.15, -0.1) is 0 Å². The molecule has 1 rings (SSSR count). The molecule has 2 nitrogen and oxygen atoms in total. The van der Waals surface area contributed by atoms with Gasteiger partial charge in [-0.25, -0.2) is 0 Å². The molecule has 0 radical (unpaired) electrons. The normalized spacial score (nSPS) is 11.5. The van der Waals surface area contributed by atoms with Crippen LogP contribution in [0.2, 0.25) is 0 Å². The maximum Gasteiger partial charge on any atom is 0.189 e. The first kappa shape index (κ1) is 12.1. The Kier molecular flexibility index (Phi) is 4.15. The Bertz CT molecular complexity index is 300. The summed E-state index contributed by atoms with van der Waals surface area (Å²) in [6.07, 6.45) is 0. The molecule has 15 heavy (non-hydrogen) atoms. The van der Waals surface area contributed by atoms with Gasteiger partial charge in [0.25, 0.3) is 0 Å². The fraction of sp³-hybridized carbons (Fsp3) is 0.538. The zero-order chi connectivity index (χ0) is 11.3. The summed E-state index contributed by atoms with van der Waals surface area (Å²) >= 11 is 0. The van der Waals surface area contributed by atoms with Crippen molar-refractivity contribution in [3.8, 4) is 5.75 Å². The molecule has 1 aromatic carbocycles. The number of ether oxygens (including phenoxy) is 2. The van der Waals surface area contributed by atoms with E-state index in [4.69, 9.17) is 9.47 Å². The minimum Gasteiger partial charge on any atom is -0.468 e. The molecule has 0 saturated heterocycles. The van der Waals surface area contributed by atoms with Crippen LogP contribution < -0.4 is 4.74 Å². The molecule has 0 saturated carbocycles. The Morgan fingerprint density at radius 1 is 1.20 bits per heavy atom. The lowest BCUT2D eigenvalue weighted by Crippen LogP contribution is -2.11. The van der Waals surface area contributed by atoms with Crippen LogP contribution in [0.1, 0.15) is 33.3 Å². The van der Waals surface area contributed by atoms with E-state index < -0.39 is 0 Å². The number of rotatable bonds is 4. The van der Waals surface area contributed by atoms with Gasteiger partial charge in [-0.3, -0.25) is 0 Å². The van der Waals surface area contributed by atoms with E-state index in [1.807, 2.05) is 19.1 Å². The SMILES string of the molecule is CCOCOc1cccc(C(C)(C)C)c1.